The number of benzene rings is 3. The van der Waals surface area contributed by atoms with Crippen LogP contribution in [0.15, 0.2) is 81.7 Å². The molecule has 2 heterocycles. The first-order chi connectivity index (χ1) is 22.0. The highest BCUT2D eigenvalue weighted by Gasteiger charge is 2.35. The van der Waals surface area contributed by atoms with Crippen molar-refractivity contribution in [1.29, 1.82) is 0 Å². The Balaban J connectivity index is 1.54. The maximum Gasteiger partial charge on any atom is 0.338 e. The number of carbonyl (C=O) groups excluding carboxylic acids is 1. The van der Waals surface area contributed by atoms with Crippen LogP contribution in [0.1, 0.15) is 60.8 Å². The fourth-order valence-corrected chi connectivity index (χ4v) is 6.66. The Morgan fingerprint density at radius 2 is 1.76 bits per heavy atom. The lowest BCUT2D eigenvalue weighted by atomic mass is 9.95. The Morgan fingerprint density at radius 3 is 2.39 bits per heavy atom. The standard InChI is InChI=1S/C34H30Cl2N2O7S/c1-5-43-33(42)28-19(4)37-34-38(29(28)23-8-6-7-9-26(23)45-18(2)3)31(39)27(46-34)16-21-14-24(35)30(25(36)15-21)44-17-20-10-12-22(13-11-20)32(40)41/h6-16,18,29H,5,17H2,1-4H3,(H,40,41)/b27-16+/t29-/m0/s1. The molecule has 0 aliphatic carbocycles. The molecule has 1 aromatic heterocycles. The van der Waals surface area contributed by atoms with Crippen molar-refractivity contribution < 1.29 is 28.9 Å². The molecular formula is C34H30Cl2N2O7S. The van der Waals surface area contributed by atoms with Crippen molar-refractivity contribution in [3.05, 3.63) is 124 Å². The van der Waals surface area contributed by atoms with Gasteiger partial charge in [-0.1, -0.05) is 64.9 Å². The zero-order valence-electron chi connectivity index (χ0n) is 25.4. The number of carboxylic acids is 1. The number of ether oxygens (including phenoxy) is 3. The molecule has 0 amide bonds. The minimum Gasteiger partial charge on any atom is -0.491 e. The zero-order chi connectivity index (χ0) is 33.1. The molecule has 12 heteroatoms. The number of nitrogens with zero attached hydrogens (tertiary/aromatic N) is 2. The van der Waals surface area contributed by atoms with Gasteiger partial charge in [0.15, 0.2) is 10.6 Å². The lowest BCUT2D eigenvalue weighted by Crippen LogP contribution is -2.40. The van der Waals surface area contributed by atoms with Crippen LogP contribution in [0.25, 0.3) is 6.08 Å². The van der Waals surface area contributed by atoms with Gasteiger partial charge in [-0.2, -0.15) is 0 Å². The first kappa shape index (κ1) is 33.0. The van der Waals surface area contributed by atoms with E-state index in [1.807, 2.05) is 38.1 Å². The molecule has 0 unspecified atom stereocenters. The van der Waals surface area contributed by atoms with Gasteiger partial charge in [-0.3, -0.25) is 9.36 Å². The smallest absolute Gasteiger partial charge is 0.338 e. The molecule has 1 N–H and O–H groups in total. The number of aromatic carboxylic acids is 1. The number of fused-ring (bicyclic) bond motifs is 1. The van der Waals surface area contributed by atoms with Crippen molar-refractivity contribution in [2.24, 2.45) is 4.99 Å². The summed E-state index contributed by atoms with van der Waals surface area (Å²) >= 11 is 14.3. The molecule has 5 rings (SSSR count). The first-order valence-corrected chi connectivity index (χ1v) is 15.9. The predicted molar refractivity (Wildman–Crippen MR) is 177 cm³/mol. The van der Waals surface area contributed by atoms with E-state index >= 15 is 0 Å². The number of carbonyl (C=O) groups is 2. The van der Waals surface area contributed by atoms with Crippen LogP contribution in [-0.4, -0.2) is 34.3 Å². The van der Waals surface area contributed by atoms with Gasteiger partial charge in [0.05, 0.1) is 44.1 Å². The maximum absolute atomic E-state index is 14.1. The Hall–Kier alpha value is -4.38. The fraction of sp³-hybridized carbons (Fsp3) is 0.235. The molecule has 0 radical (unpaired) electrons. The largest absolute Gasteiger partial charge is 0.491 e. The van der Waals surface area contributed by atoms with E-state index in [4.69, 9.17) is 42.5 Å². The Bertz CT molecular complexity index is 2010. The summed E-state index contributed by atoms with van der Waals surface area (Å²) in [6, 6.07) is 16.0. The summed E-state index contributed by atoms with van der Waals surface area (Å²) in [5, 5.41) is 9.56. The number of aromatic nitrogens is 1. The second-order valence-electron chi connectivity index (χ2n) is 10.6. The maximum atomic E-state index is 14.1. The van der Waals surface area contributed by atoms with Gasteiger partial charge in [-0.25, -0.2) is 14.6 Å². The molecule has 0 saturated carbocycles. The highest BCUT2D eigenvalue weighted by Crippen LogP contribution is 2.37. The molecule has 1 aliphatic rings. The van der Waals surface area contributed by atoms with Crippen LogP contribution >= 0.6 is 34.5 Å². The Morgan fingerprint density at radius 1 is 1.09 bits per heavy atom. The van der Waals surface area contributed by atoms with Crippen molar-refractivity contribution in [3.63, 3.8) is 0 Å². The van der Waals surface area contributed by atoms with Crippen LogP contribution in [0.2, 0.25) is 10.0 Å². The van der Waals surface area contributed by atoms with Crippen LogP contribution in [0, 0.1) is 0 Å². The molecule has 0 fully saturated rings. The molecule has 1 atom stereocenters. The molecular weight excluding hydrogens is 651 g/mol. The van der Waals surface area contributed by atoms with Gasteiger partial charge in [-0.05, 0) is 75.2 Å². The SMILES string of the molecule is CCOC(=O)C1=C(C)N=c2s/c(=C/c3cc(Cl)c(OCc4ccc(C(=O)O)cc4)c(Cl)c3)c(=O)n2[C@H]1c1ccccc1OC(C)C. The number of thiazole rings is 1. The molecule has 4 aromatic rings. The minimum atomic E-state index is -1.02. The third-order valence-electron chi connectivity index (χ3n) is 7.00. The second kappa shape index (κ2) is 13.9. The average Bonchev–Trinajstić information content (AvgIpc) is 3.30. The lowest BCUT2D eigenvalue weighted by Gasteiger charge is -2.26. The molecule has 0 bridgehead atoms. The predicted octanol–water partition coefficient (Wildman–Crippen LogP) is 6.17. The van der Waals surface area contributed by atoms with Gasteiger partial charge >= 0.3 is 11.9 Å². The van der Waals surface area contributed by atoms with E-state index in [9.17, 15) is 14.4 Å². The number of para-hydroxylation sites is 1. The van der Waals surface area contributed by atoms with E-state index in [1.165, 1.54) is 28.0 Å². The van der Waals surface area contributed by atoms with E-state index < -0.39 is 18.0 Å². The summed E-state index contributed by atoms with van der Waals surface area (Å²) in [7, 11) is 0. The lowest BCUT2D eigenvalue weighted by molar-refractivity contribution is -0.139. The van der Waals surface area contributed by atoms with Gasteiger partial charge in [-0.15, -0.1) is 0 Å². The summed E-state index contributed by atoms with van der Waals surface area (Å²) in [4.78, 5) is 43.5. The molecule has 1 aliphatic heterocycles. The zero-order valence-corrected chi connectivity index (χ0v) is 27.7. The summed E-state index contributed by atoms with van der Waals surface area (Å²) in [6.45, 7) is 7.53. The Labute approximate surface area is 278 Å². The van der Waals surface area contributed by atoms with Gasteiger partial charge in [0.2, 0.25) is 0 Å². The molecule has 46 heavy (non-hydrogen) atoms. The fourth-order valence-electron chi connectivity index (χ4n) is 5.00. The van der Waals surface area contributed by atoms with Crippen molar-refractivity contribution in [3.8, 4) is 11.5 Å². The molecule has 0 saturated heterocycles. The third-order valence-corrected chi connectivity index (χ3v) is 8.54. The number of allylic oxidation sites excluding steroid dienone is 1. The summed E-state index contributed by atoms with van der Waals surface area (Å²) in [6.07, 6.45) is 1.51. The highest BCUT2D eigenvalue weighted by molar-refractivity contribution is 7.07. The molecule has 0 spiro atoms. The normalized spacial score (nSPS) is 14.6. The minimum absolute atomic E-state index is 0.113. The highest BCUT2D eigenvalue weighted by atomic mass is 35.5. The summed E-state index contributed by atoms with van der Waals surface area (Å²) < 4.78 is 19.2. The van der Waals surface area contributed by atoms with Crippen molar-refractivity contribution in [2.45, 2.75) is 46.4 Å². The van der Waals surface area contributed by atoms with E-state index in [-0.39, 0.29) is 51.8 Å². The topological polar surface area (TPSA) is 116 Å². The van der Waals surface area contributed by atoms with Crippen LogP contribution < -0.4 is 24.4 Å². The van der Waals surface area contributed by atoms with Gasteiger partial charge in [0.1, 0.15) is 18.4 Å². The number of hydrogen-bond acceptors (Lipinski definition) is 8. The number of halogens is 2. The van der Waals surface area contributed by atoms with Crippen LogP contribution in [0.3, 0.4) is 0 Å². The van der Waals surface area contributed by atoms with Gasteiger partial charge in [0, 0.05) is 5.56 Å². The quantitative estimate of drug-likeness (QED) is 0.199. The second-order valence-corrected chi connectivity index (χ2v) is 12.4. The van der Waals surface area contributed by atoms with Gasteiger partial charge < -0.3 is 19.3 Å². The van der Waals surface area contributed by atoms with E-state index in [1.54, 1.807) is 44.2 Å². The van der Waals surface area contributed by atoms with Crippen LogP contribution in [0.4, 0.5) is 0 Å². The number of rotatable bonds is 10. The van der Waals surface area contributed by atoms with Crippen LogP contribution in [0.5, 0.6) is 11.5 Å². The van der Waals surface area contributed by atoms with Crippen LogP contribution in [-0.2, 0) is 16.1 Å². The van der Waals surface area contributed by atoms with Crippen molar-refractivity contribution in [1.82, 2.24) is 4.57 Å². The average molecular weight is 682 g/mol. The third kappa shape index (κ3) is 6.89. The number of esters is 1. The van der Waals surface area contributed by atoms with Crippen molar-refractivity contribution >= 4 is 52.6 Å². The molecule has 3 aromatic carbocycles. The first-order valence-electron chi connectivity index (χ1n) is 14.4. The number of carboxylic acid groups (broad SMARTS) is 1. The molecule has 238 valence electrons. The monoisotopic (exact) mass is 680 g/mol. The summed E-state index contributed by atoms with van der Waals surface area (Å²) in [5.41, 5.74) is 2.42. The van der Waals surface area contributed by atoms with Gasteiger partial charge in [0.25, 0.3) is 5.56 Å². The van der Waals surface area contributed by atoms with Crippen molar-refractivity contribution in [2.75, 3.05) is 6.61 Å². The summed E-state index contributed by atoms with van der Waals surface area (Å²) in [5.74, 6) is -0.785. The molecule has 9 nitrogen and oxygen atoms in total. The number of hydrogen-bond donors (Lipinski definition) is 1. The van der Waals surface area contributed by atoms with E-state index in [2.05, 4.69) is 4.99 Å². The Kier molecular flexibility index (Phi) is 10.0. The van der Waals surface area contributed by atoms with E-state index in [0.29, 0.717) is 31.9 Å². The van der Waals surface area contributed by atoms with E-state index in [0.717, 1.165) is 5.56 Å².